The van der Waals surface area contributed by atoms with Gasteiger partial charge < -0.3 is 0 Å². The van der Waals surface area contributed by atoms with Crippen LogP contribution in [0.25, 0.3) is 10.8 Å². The Kier molecular flexibility index (Phi) is 5.31. The van der Waals surface area contributed by atoms with E-state index in [1.807, 2.05) is 0 Å². The molecule has 0 nitrogen and oxygen atoms in total. The van der Waals surface area contributed by atoms with Gasteiger partial charge in [-0.15, -0.1) is 40.3 Å². The van der Waals surface area contributed by atoms with E-state index in [2.05, 4.69) is 97.1 Å². The Morgan fingerprint density at radius 3 is 1.70 bits per heavy atom. The summed E-state index contributed by atoms with van der Waals surface area (Å²) in [5.74, 6) is 0. The minimum atomic E-state index is -0.493. The number of rotatable bonds is 3. The third-order valence-corrected chi connectivity index (χ3v) is 6.29. The molecule has 0 aliphatic rings. The smallest absolute Gasteiger partial charge is 0 e. The molecule has 0 amide bonds. The molecular formula is C21H16PZr-. The van der Waals surface area contributed by atoms with Crippen LogP contribution in [-0.4, -0.2) is 0 Å². The van der Waals surface area contributed by atoms with Crippen LogP contribution in [-0.2, 0) is 26.2 Å². The fraction of sp³-hybridized carbons (Fsp3) is 0. The molecular weight excluding hydrogens is 374 g/mol. The average Bonchev–Trinajstić information content (AvgIpc) is 3.00. The van der Waals surface area contributed by atoms with Gasteiger partial charge in [0.15, 0.2) is 0 Å². The van der Waals surface area contributed by atoms with Crippen molar-refractivity contribution in [2.24, 2.45) is 0 Å². The first-order valence-electron chi connectivity index (χ1n) is 7.47. The number of benzene rings is 3. The van der Waals surface area contributed by atoms with Crippen molar-refractivity contribution < 1.29 is 26.2 Å². The normalized spacial score (nSPS) is 10.7. The summed E-state index contributed by atoms with van der Waals surface area (Å²) in [5.41, 5.74) is 0. The van der Waals surface area contributed by atoms with E-state index in [0.717, 1.165) is 0 Å². The largest absolute Gasteiger partial charge is 0.160 e. The maximum absolute atomic E-state index is 2.35. The summed E-state index contributed by atoms with van der Waals surface area (Å²) in [6, 6.07) is 35.0. The maximum Gasteiger partial charge on any atom is 0 e. The van der Waals surface area contributed by atoms with Crippen LogP contribution in [0.5, 0.6) is 0 Å². The van der Waals surface area contributed by atoms with E-state index in [0.29, 0.717) is 0 Å². The summed E-state index contributed by atoms with van der Waals surface area (Å²) in [5, 5.41) is 6.89. The van der Waals surface area contributed by atoms with Crippen molar-refractivity contribution in [3.8, 4) is 0 Å². The number of fused-ring (bicyclic) bond motifs is 1. The Bertz CT molecular complexity index is 809. The molecule has 23 heavy (non-hydrogen) atoms. The van der Waals surface area contributed by atoms with Crippen molar-refractivity contribution in [1.29, 1.82) is 0 Å². The summed E-state index contributed by atoms with van der Waals surface area (Å²) in [7, 11) is -0.493. The van der Waals surface area contributed by atoms with Gasteiger partial charge in [-0.25, -0.2) is 0 Å². The fourth-order valence-electron chi connectivity index (χ4n) is 2.86. The number of hydrogen-bond acceptors (Lipinski definition) is 0. The van der Waals surface area contributed by atoms with Crippen LogP contribution in [0.1, 0.15) is 0 Å². The Morgan fingerprint density at radius 2 is 1.13 bits per heavy atom. The molecule has 0 aliphatic carbocycles. The second-order valence-corrected chi connectivity index (χ2v) is 7.57. The van der Waals surface area contributed by atoms with Gasteiger partial charge in [0.25, 0.3) is 0 Å². The second kappa shape index (κ2) is 7.44. The van der Waals surface area contributed by atoms with E-state index in [9.17, 15) is 0 Å². The predicted octanol–water partition coefficient (Wildman–Crippen LogP) is 4.31. The Hall–Kier alpha value is -1.42. The van der Waals surface area contributed by atoms with Gasteiger partial charge in [-0.05, 0) is 18.5 Å². The molecule has 0 atom stereocenters. The Balaban J connectivity index is 0.00000156. The molecule has 4 aromatic rings. The van der Waals surface area contributed by atoms with Crippen molar-refractivity contribution in [2.45, 2.75) is 0 Å². The third-order valence-electron chi connectivity index (χ3n) is 3.89. The summed E-state index contributed by atoms with van der Waals surface area (Å²) in [6.07, 6.45) is 0. The summed E-state index contributed by atoms with van der Waals surface area (Å²) >= 11 is 0. The van der Waals surface area contributed by atoms with E-state index < -0.39 is 7.92 Å². The summed E-state index contributed by atoms with van der Waals surface area (Å²) in [4.78, 5) is 0. The zero-order chi connectivity index (χ0) is 14.8. The van der Waals surface area contributed by atoms with Crippen LogP contribution in [0, 0.1) is 0 Å². The first-order chi connectivity index (χ1) is 10.9. The Morgan fingerprint density at radius 1 is 0.609 bits per heavy atom. The quantitative estimate of drug-likeness (QED) is 0.361. The van der Waals surface area contributed by atoms with Gasteiger partial charge in [0.05, 0.1) is 0 Å². The van der Waals surface area contributed by atoms with E-state index in [1.165, 1.54) is 26.7 Å². The molecule has 0 fully saturated rings. The van der Waals surface area contributed by atoms with Crippen LogP contribution < -0.4 is 15.9 Å². The molecule has 0 spiro atoms. The van der Waals surface area contributed by atoms with E-state index >= 15 is 0 Å². The molecule has 0 saturated carbocycles. The van der Waals surface area contributed by atoms with Crippen LogP contribution in [0.15, 0.2) is 97.1 Å². The van der Waals surface area contributed by atoms with Crippen molar-refractivity contribution >= 4 is 34.6 Å². The van der Waals surface area contributed by atoms with Gasteiger partial charge in [-0.2, -0.15) is 6.07 Å². The molecule has 0 heterocycles. The standard InChI is InChI=1S/C21H16P.Zr/c1-3-11-19(12-4-1)22(20-13-5-2-6-14-20)21-15-17-9-7-8-10-18(17)16-21;/h1-16H;/q-1;. The summed E-state index contributed by atoms with van der Waals surface area (Å²) in [6.45, 7) is 0. The molecule has 110 valence electrons. The monoisotopic (exact) mass is 389 g/mol. The SMILES string of the molecule is [Zr].c1ccc(P(c2ccccc2)c2cc3ccccc3[cH-]2)cc1. The first-order valence-corrected chi connectivity index (χ1v) is 8.82. The first kappa shape index (κ1) is 16.4. The fourth-order valence-corrected chi connectivity index (χ4v) is 5.24. The molecule has 0 aromatic heterocycles. The molecule has 4 rings (SSSR count). The van der Waals surface area contributed by atoms with Gasteiger partial charge in [0.1, 0.15) is 0 Å². The molecule has 4 aromatic carbocycles. The second-order valence-electron chi connectivity index (χ2n) is 5.35. The zero-order valence-electron chi connectivity index (χ0n) is 12.7. The van der Waals surface area contributed by atoms with Crippen molar-refractivity contribution in [3.05, 3.63) is 97.1 Å². The van der Waals surface area contributed by atoms with Crippen LogP contribution in [0.3, 0.4) is 0 Å². The van der Waals surface area contributed by atoms with Gasteiger partial charge in [-0.3, -0.25) is 0 Å². The van der Waals surface area contributed by atoms with Crippen LogP contribution >= 0.6 is 7.92 Å². The molecule has 0 bridgehead atoms. The van der Waals surface area contributed by atoms with Gasteiger partial charge in [-0.1, -0.05) is 66.7 Å². The van der Waals surface area contributed by atoms with Crippen molar-refractivity contribution in [1.82, 2.24) is 0 Å². The molecule has 0 N–H and O–H groups in total. The van der Waals surface area contributed by atoms with Crippen molar-refractivity contribution in [2.75, 3.05) is 0 Å². The van der Waals surface area contributed by atoms with E-state index in [-0.39, 0.29) is 26.2 Å². The molecule has 2 heteroatoms. The Labute approximate surface area is 157 Å². The van der Waals surface area contributed by atoms with Gasteiger partial charge in [0.2, 0.25) is 0 Å². The van der Waals surface area contributed by atoms with Gasteiger partial charge >= 0.3 is 0 Å². The summed E-state index contributed by atoms with van der Waals surface area (Å²) < 4.78 is 0. The third kappa shape index (κ3) is 3.42. The zero-order valence-corrected chi connectivity index (χ0v) is 16.0. The molecule has 0 saturated heterocycles. The average molecular weight is 391 g/mol. The van der Waals surface area contributed by atoms with E-state index in [1.54, 1.807) is 0 Å². The number of hydrogen-bond donors (Lipinski definition) is 0. The minimum absolute atomic E-state index is 0. The molecule has 0 aliphatic heterocycles. The van der Waals surface area contributed by atoms with E-state index in [4.69, 9.17) is 0 Å². The van der Waals surface area contributed by atoms with Crippen LogP contribution in [0.4, 0.5) is 0 Å². The maximum atomic E-state index is 2.35. The predicted molar refractivity (Wildman–Crippen MR) is 98.2 cm³/mol. The minimum Gasteiger partial charge on any atom is -0.160 e. The molecule has 0 radical (unpaired) electrons. The van der Waals surface area contributed by atoms with Crippen LogP contribution in [0.2, 0.25) is 0 Å². The molecule has 0 unspecified atom stereocenters. The van der Waals surface area contributed by atoms with Crippen molar-refractivity contribution in [3.63, 3.8) is 0 Å². The topological polar surface area (TPSA) is 0 Å². The van der Waals surface area contributed by atoms with Gasteiger partial charge in [0, 0.05) is 26.2 Å².